The van der Waals surface area contributed by atoms with E-state index >= 15 is 0 Å². The maximum absolute atomic E-state index is 14.4. The molecule has 1 aromatic carbocycles. The number of rotatable bonds is 6. The first kappa shape index (κ1) is 36.1. The lowest BCUT2D eigenvalue weighted by molar-refractivity contribution is -0.140. The van der Waals surface area contributed by atoms with Crippen molar-refractivity contribution in [2.24, 2.45) is 5.92 Å². The van der Waals surface area contributed by atoms with E-state index in [-0.39, 0.29) is 38.5 Å². The SMILES string of the molecule is CC(C)(C)OC(=O)N[C@H]1CCCCC/C=C\[C@H]2C[C@]2(CNS(=O)(=O)C2CC2)NC(=O)[C@@H]2C[C@@H](OC(=O)N3Cc4cccc(F)c4C3)CN2C1=O. The number of hydrogen-bond donors (Lipinski definition) is 3. The van der Waals surface area contributed by atoms with Crippen LogP contribution in [0.4, 0.5) is 14.0 Å². The average Bonchev–Trinajstić information content (AvgIpc) is 3.91. The van der Waals surface area contributed by atoms with Crippen LogP contribution < -0.4 is 15.4 Å². The number of hydrogen-bond acceptors (Lipinski definition) is 8. The summed E-state index contributed by atoms with van der Waals surface area (Å²) in [6.45, 7) is 5.28. The van der Waals surface area contributed by atoms with Crippen LogP contribution >= 0.6 is 0 Å². The molecule has 4 amide bonds. The molecule has 5 atom stereocenters. The normalized spacial score (nSPS) is 29.4. The maximum atomic E-state index is 14.4. The summed E-state index contributed by atoms with van der Waals surface area (Å²) in [6.07, 6.45) is 6.84. The number of allylic oxidation sites excluding steroid dienone is 1. The second-order valence-electron chi connectivity index (χ2n) is 15.3. The first-order valence-corrected chi connectivity index (χ1v) is 19.2. The summed E-state index contributed by atoms with van der Waals surface area (Å²) in [4.78, 5) is 57.4. The van der Waals surface area contributed by atoms with Crippen molar-refractivity contribution in [3.63, 3.8) is 0 Å². The summed E-state index contributed by atoms with van der Waals surface area (Å²) in [6, 6.07) is 2.61. The molecule has 50 heavy (non-hydrogen) atoms. The van der Waals surface area contributed by atoms with Gasteiger partial charge in [-0.3, -0.25) is 14.5 Å². The second-order valence-corrected chi connectivity index (χ2v) is 17.3. The van der Waals surface area contributed by atoms with Crippen molar-refractivity contribution < 1.29 is 41.5 Å². The van der Waals surface area contributed by atoms with Crippen molar-refractivity contribution in [3.8, 4) is 0 Å². The zero-order valence-electron chi connectivity index (χ0n) is 28.9. The van der Waals surface area contributed by atoms with Gasteiger partial charge in [-0.05, 0) is 70.9 Å². The molecule has 5 aliphatic rings. The van der Waals surface area contributed by atoms with Gasteiger partial charge < -0.3 is 25.0 Å². The number of halogens is 1. The standard InChI is InChI=1S/C35H48FN5O8S/c1-34(2,3)49-32(44)38-28-13-8-6-4-5-7-11-23-17-35(23,21-37-50(46,47)25-14-15-25)39-30(42)29-16-24(19-41(29)31(28)43)48-33(45)40-18-22-10-9-12-27(36)26(22)20-40/h7,9-12,23-25,28-29,37H,4-6,8,13-21H2,1-3H3,(H,38,44)(H,39,42)/b11-7-/t23-,24+,28-,29-,35+/m0/s1. The molecule has 6 rings (SSSR count). The molecule has 2 saturated carbocycles. The van der Waals surface area contributed by atoms with Gasteiger partial charge in [-0.2, -0.15) is 0 Å². The van der Waals surface area contributed by atoms with E-state index in [0.717, 1.165) is 19.3 Å². The number of nitrogens with one attached hydrogen (secondary N) is 3. The van der Waals surface area contributed by atoms with E-state index in [4.69, 9.17) is 9.47 Å². The molecule has 3 fully saturated rings. The zero-order chi connectivity index (χ0) is 35.8. The Hall–Kier alpha value is -3.72. The van der Waals surface area contributed by atoms with Gasteiger partial charge in [-0.25, -0.2) is 27.1 Å². The van der Waals surface area contributed by atoms with E-state index in [1.165, 1.54) is 15.9 Å². The number of sulfonamides is 1. The number of alkyl carbamates (subject to hydrolysis) is 1. The van der Waals surface area contributed by atoms with Crippen molar-refractivity contribution >= 4 is 34.0 Å². The fraction of sp³-hybridized carbons (Fsp3) is 0.657. The molecule has 15 heteroatoms. The Labute approximate surface area is 292 Å². The van der Waals surface area contributed by atoms with E-state index in [9.17, 15) is 32.0 Å². The third-order valence-electron chi connectivity index (χ3n) is 10.1. The van der Waals surface area contributed by atoms with Crippen LogP contribution in [0.3, 0.4) is 0 Å². The highest BCUT2D eigenvalue weighted by Crippen LogP contribution is 2.45. The summed E-state index contributed by atoms with van der Waals surface area (Å²) in [5.74, 6) is -1.51. The van der Waals surface area contributed by atoms with Gasteiger partial charge in [0.15, 0.2) is 0 Å². The monoisotopic (exact) mass is 717 g/mol. The Kier molecular flexibility index (Phi) is 10.2. The van der Waals surface area contributed by atoms with Gasteiger partial charge in [-0.1, -0.05) is 37.1 Å². The Balaban J connectivity index is 1.23. The van der Waals surface area contributed by atoms with Gasteiger partial charge in [0, 0.05) is 31.0 Å². The molecule has 274 valence electrons. The lowest BCUT2D eigenvalue weighted by atomic mass is 10.0. The summed E-state index contributed by atoms with van der Waals surface area (Å²) >= 11 is 0. The van der Waals surface area contributed by atoms with Crippen LogP contribution in [0.5, 0.6) is 0 Å². The minimum absolute atomic E-state index is 0.0119. The molecule has 0 bridgehead atoms. The lowest BCUT2D eigenvalue weighted by Crippen LogP contribution is -2.57. The third-order valence-corrected chi connectivity index (χ3v) is 12.0. The van der Waals surface area contributed by atoms with Gasteiger partial charge in [0.2, 0.25) is 21.8 Å². The highest BCUT2D eigenvalue weighted by atomic mass is 32.2. The second kappa shape index (κ2) is 14.1. The van der Waals surface area contributed by atoms with E-state index in [2.05, 4.69) is 21.4 Å². The van der Waals surface area contributed by atoms with Crippen LogP contribution in [0.25, 0.3) is 0 Å². The fourth-order valence-electron chi connectivity index (χ4n) is 7.09. The molecular formula is C35H48FN5O8S. The molecule has 0 aromatic heterocycles. The van der Waals surface area contributed by atoms with E-state index in [1.54, 1.807) is 32.9 Å². The highest BCUT2D eigenvalue weighted by Gasteiger charge is 2.56. The first-order chi connectivity index (χ1) is 23.6. The Morgan fingerprint density at radius 3 is 2.60 bits per heavy atom. The molecule has 3 N–H and O–H groups in total. The number of fused-ring (bicyclic) bond motifs is 3. The molecule has 1 saturated heterocycles. The van der Waals surface area contributed by atoms with Crippen molar-refractivity contribution in [1.82, 2.24) is 25.2 Å². The van der Waals surface area contributed by atoms with Crippen LogP contribution in [0.15, 0.2) is 30.4 Å². The molecule has 2 aliphatic carbocycles. The number of nitrogens with zero attached hydrogens (tertiary/aromatic N) is 2. The van der Waals surface area contributed by atoms with Crippen LogP contribution in [-0.2, 0) is 42.2 Å². The summed E-state index contributed by atoms with van der Waals surface area (Å²) in [5, 5.41) is 5.37. The summed E-state index contributed by atoms with van der Waals surface area (Å²) in [5.41, 5.74) is -0.575. The molecular weight excluding hydrogens is 669 g/mol. The number of ether oxygens (including phenoxy) is 2. The lowest BCUT2D eigenvalue weighted by Gasteiger charge is -2.30. The minimum Gasteiger partial charge on any atom is -0.444 e. The van der Waals surface area contributed by atoms with E-state index in [1.807, 2.05) is 6.08 Å². The van der Waals surface area contributed by atoms with Crippen molar-refractivity contribution in [2.45, 2.75) is 126 Å². The molecule has 0 spiro atoms. The zero-order valence-corrected chi connectivity index (χ0v) is 29.7. The van der Waals surface area contributed by atoms with Crippen molar-refractivity contribution in [1.29, 1.82) is 0 Å². The fourth-order valence-corrected chi connectivity index (χ4v) is 8.54. The molecule has 3 heterocycles. The van der Waals surface area contributed by atoms with Gasteiger partial charge in [0.05, 0.1) is 23.9 Å². The predicted octanol–water partition coefficient (Wildman–Crippen LogP) is 3.62. The van der Waals surface area contributed by atoms with Gasteiger partial charge in [0.25, 0.3) is 0 Å². The minimum atomic E-state index is -3.52. The van der Waals surface area contributed by atoms with Crippen molar-refractivity contribution in [3.05, 3.63) is 47.3 Å². The smallest absolute Gasteiger partial charge is 0.410 e. The quantitative estimate of drug-likeness (QED) is 0.376. The largest absolute Gasteiger partial charge is 0.444 e. The van der Waals surface area contributed by atoms with Crippen LogP contribution in [0, 0.1) is 11.7 Å². The topological polar surface area (TPSA) is 163 Å². The Bertz CT molecular complexity index is 1640. The van der Waals surface area contributed by atoms with Crippen LogP contribution in [0.1, 0.15) is 89.7 Å². The van der Waals surface area contributed by atoms with Crippen molar-refractivity contribution in [2.75, 3.05) is 13.1 Å². The number of carbonyl (C=O) groups is 4. The molecule has 3 aliphatic heterocycles. The van der Waals surface area contributed by atoms with Gasteiger partial charge in [-0.15, -0.1) is 0 Å². The van der Waals surface area contributed by atoms with Crippen LogP contribution in [0.2, 0.25) is 0 Å². The first-order valence-electron chi connectivity index (χ1n) is 17.6. The summed E-state index contributed by atoms with van der Waals surface area (Å²) < 4.78 is 53.9. The number of amides is 4. The molecule has 13 nitrogen and oxygen atoms in total. The highest BCUT2D eigenvalue weighted by molar-refractivity contribution is 7.90. The van der Waals surface area contributed by atoms with Gasteiger partial charge in [0.1, 0.15) is 29.6 Å². The Morgan fingerprint density at radius 1 is 1.10 bits per heavy atom. The molecule has 0 unspecified atom stereocenters. The number of benzene rings is 1. The Morgan fingerprint density at radius 2 is 1.88 bits per heavy atom. The van der Waals surface area contributed by atoms with E-state index in [0.29, 0.717) is 43.2 Å². The van der Waals surface area contributed by atoms with Crippen LogP contribution in [-0.4, -0.2) is 89.9 Å². The third kappa shape index (κ3) is 8.42. The van der Waals surface area contributed by atoms with Gasteiger partial charge >= 0.3 is 12.2 Å². The maximum Gasteiger partial charge on any atom is 0.410 e. The molecule has 0 radical (unpaired) electrons. The predicted molar refractivity (Wildman–Crippen MR) is 180 cm³/mol. The average molecular weight is 718 g/mol. The van der Waals surface area contributed by atoms with E-state index < -0.39 is 74.4 Å². The number of carbonyl (C=O) groups excluding carboxylic acids is 4. The summed E-state index contributed by atoms with van der Waals surface area (Å²) in [7, 11) is -3.52. The molecule has 1 aromatic rings.